The fourth-order valence-electron chi connectivity index (χ4n) is 2.35. The molecule has 0 spiro atoms. The van der Waals surface area contributed by atoms with Crippen molar-refractivity contribution < 1.29 is 19.7 Å². The highest BCUT2D eigenvalue weighted by Gasteiger charge is 2.63. The van der Waals surface area contributed by atoms with Crippen LogP contribution in [0.3, 0.4) is 0 Å². The van der Waals surface area contributed by atoms with Gasteiger partial charge in [0.25, 0.3) is 5.69 Å². The van der Waals surface area contributed by atoms with Crippen LogP contribution in [-0.2, 0) is 0 Å². The second-order valence-corrected chi connectivity index (χ2v) is 4.67. The summed E-state index contributed by atoms with van der Waals surface area (Å²) < 4.78 is 0. The smallest absolute Gasteiger partial charge is 0.265 e. The summed E-state index contributed by atoms with van der Waals surface area (Å²) in [4.78, 5) is 40.2. The Kier molecular flexibility index (Phi) is 5.22. The van der Waals surface area contributed by atoms with Gasteiger partial charge in [-0.25, -0.2) is 0 Å². The molecule has 124 valence electrons. The van der Waals surface area contributed by atoms with Gasteiger partial charge in [-0.3, -0.25) is 40.5 Å². The summed E-state index contributed by atoms with van der Waals surface area (Å²) in [6.07, 6.45) is -0.617. The van der Waals surface area contributed by atoms with Crippen LogP contribution in [0.1, 0.15) is 24.8 Å². The third-order valence-electron chi connectivity index (χ3n) is 3.53. The van der Waals surface area contributed by atoms with Crippen LogP contribution in [-0.4, -0.2) is 31.9 Å². The molecule has 23 heavy (non-hydrogen) atoms. The first-order chi connectivity index (χ1) is 10.7. The van der Waals surface area contributed by atoms with Gasteiger partial charge in [-0.2, -0.15) is 0 Å². The van der Waals surface area contributed by atoms with Gasteiger partial charge in [-0.1, -0.05) is 19.1 Å². The molecule has 0 aliphatic rings. The van der Waals surface area contributed by atoms with E-state index in [2.05, 4.69) is 0 Å². The molecule has 1 unspecified atom stereocenters. The van der Waals surface area contributed by atoms with E-state index in [-0.39, 0.29) is 5.56 Å². The summed E-state index contributed by atoms with van der Waals surface area (Å²) in [7, 11) is 0. The Labute approximate surface area is 128 Å². The first-order valence-corrected chi connectivity index (χ1v) is 6.32. The second-order valence-electron chi connectivity index (χ2n) is 4.67. The third kappa shape index (κ3) is 3.36. The van der Waals surface area contributed by atoms with Gasteiger partial charge < -0.3 is 0 Å². The van der Waals surface area contributed by atoms with Crippen molar-refractivity contribution >= 4 is 5.69 Å². The number of hydrogen-bond acceptors (Lipinski definition) is 8. The molecule has 0 bridgehead atoms. The fraction of sp³-hybridized carbons (Fsp3) is 0.455. The average Bonchev–Trinajstić information content (AvgIpc) is 2.46. The van der Waals surface area contributed by atoms with Crippen molar-refractivity contribution in [2.45, 2.75) is 24.9 Å². The number of rotatable bonds is 8. The Morgan fingerprint density at radius 2 is 1.61 bits per heavy atom. The summed E-state index contributed by atoms with van der Waals surface area (Å²) in [5.41, 5.74) is -3.51. The molecule has 1 atom stereocenters. The molecular weight excluding hydrogens is 316 g/mol. The predicted molar refractivity (Wildman–Crippen MR) is 74.7 cm³/mol. The molecule has 0 aliphatic heterocycles. The maximum Gasteiger partial charge on any atom is 0.471 e. The van der Waals surface area contributed by atoms with E-state index in [1.807, 2.05) is 0 Å². The van der Waals surface area contributed by atoms with Gasteiger partial charge in [-0.15, -0.1) is 0 Å². The van der Waals surface area contributed by atoms with E-state index < -0.39 is 49.9 Å². The number of hydrogen-bond donors (Lipinski definition) is 0. The molecule has 12 heteroatoms. The number of nitrogens with zero attached hydrogens (tertiary/aromatic N) is 4. The van der Waals surface area contributed by atoms with E-state index in [0.29, 0.717) is 0 Å². The van der Waals surface area contributed by atoms with Gasteiger partial charge in [0, 0.05) is 17.1 Å². The van der Waals surface area contributed by atoms with Gasteiger partial charge in [0.2, 0.25) is 6.54 Å². The van der Waals surface area contributed by atoms with Gasteiger partial charge in [-0.05, 0) is 5.56 Å². The van der Waals surface area contributed by atoms with Crippen molar-refractivity contribution in [2.24, 2.45) is 0 Å². The highest BCUT2D eigenvalue weighted by Crippen LogP contribution is 2.36. The molecule has 0 fully saturated rings. The van der Waals surface area contributed by atoms with E-state index in [1.165, 1.54) is 12.1 Å². The lowest BCUT2D eigenvalue weighted by Gasteiger charge is -2.22. The van der Waals surface area contributed by atoms with Gasteiger partial charge in [0.15, 0.2) is 5.92 Å². The first kappa shape index (κ1) is 17.9. The predicted octanol–water partition coefficient (Wildman–Crippen LogP) is 1.61. The number of non-ortho nitro benzene ring substituents is 1. The van der Waals surface area contributed by atoms with Crippen LogP contribution in [0.4, 0.5) is 5.69 Å². The van der Waals surface area contributed by atoms with Crippen LogP contribution in [0, 0.1) is 40.5 Å². The third-order valence-corrected chi connectivity index (χ3v) is 3.53. The van der Waals surface area contributed by atoms with Crippen LogP contribution in [0.25, 0.3) is 0 Å². The van der Waals surface area contributed by atoms with Crippen LogP contribution in [0.2, 0.25) is 0 Å². The van der Waals surface area contributed by atoms with Crippen LogP contribution in [0.15, 0.2) is 24.3 Å². The zero-order chi connectivity index (χ0) is 17.8. The van der Waals surface area contributed by atoms with Crippen LogP contribution < -0.4 is 0 Å². The summed E-state index contributed by atoms with van der Waals surface area (Å²) in [5.74, 6) is -1.76. The second kappa shape index (κ2) is 6.72. The number of nitro groups is 4. The summed E-state index contributed by atoms with van der Waals surface area (Å²) in [6, 6.07) is 4.30. The monoisotopic (exact) mass is 328 g/mol. The Bertz CT molecular complexity index is 647. The zero-order valence-electron chi connectivity index (χ0n) is 11.9. The lowest BCUT2D eigenvalue weighted by Crippen LogP contribution is -2.52. The Morgan fingerprint density at radius 1 is 1.04 bits per heavy atom. The Balaban J connectivity index is 3.58. The molecule has 0 heterocycles. The van der Waals surface area contributed by atoms with Crippen molar-refractivity contribution in [3.8, 4) is 0 Å². The van der Waals surface area contributed by atoms with Crippen molar-refractivity contribution in [3.05, 3.63) is 70.3 Å². The molecule has 12 nitrogen and oxygen atoms in total. The SMILES string of the molecule is CCC(C(C[N+](=O)[O-])c1cccc([N+](=O)[O-])c1)([N+](=O)[O-])[N+](=O)[O-]. The minimum Gasteiger partial charge on any atom is -0.265 e. The maximum atomic E-state index is 11.3. The lowest BCUT2D eigenvalue weighted by atomic mass is 9.84. The summed E-state index contributed by atoms with van der Waals surface area (Å²) in [6.45, 7) is 0.0624. The van der Waals surface area contributed by atoms with Crippen molar-refractivity contribution in [3.63, 3.8) is 0 Å². The Morgan fingerprint density at radius 3 is 2.00 bits per heavy atom. The molecule has 1 rings (SSSR count). The van der Waals surface area contributed by atoms with E-state index in [9.17, 15) is 40.5 Å². The molecule has 0 saturated heterocycles. The Hall–Kier alpha value is -3.18. The lowest BCUT2D eigenvalue weighted by molar-refractivity contribution is -0.805. The molecule has 0 saturated carbocycles. The van der Waals surface area contributed by atoms with Crippen LogP contribution in [0.5, 0.6) is 0 Å². The van der Waals surface area contributed by atoms with Crippen LogP contribution >= 0.6 is 0 Å². The zero-order valence-corrected chi connectivity index (χ0v) is 11.9. The number of benzene rings is 1. The maximum absolute atomic E-state index is 11.3. The van der Waals surface area contributed by atoms with Crippen molar-refractivity contribution in [1.29, 1.82) is 0 Å². The molecule has 0 N–H and O–H groups in total. The summed E-state index contributed by atoms with van der Waals surface area (Å²) >= 11 is 0. The molecule has 1 aromatic carbocycles. The summed E-state index contributed by atoms with van der Waals surface area (Å²) in [5, 5.41) is 44.3. The van der Waals surface area contributed by atoms with Crippen molar-refractivity contribution in [1.82, 2.24) is 0 Å². The van der Waals surface area contributed by atoms with Gasteiger partial charge in [0.1, 0.15) is 0 Å². The standard InChI is InChI=1S/C11H12N4O8/c1-2-11(14(20)21,15(22)23)10(7-12(16)17)8-4-3-5-9(6-8)13(18)19/h3-6,10H,2,7H2,1H3. The highest BCUT2D eigenvalue weighted by atomic mass is 16.7. The van der Waals surface area contributed by atoms with Gasteiger partial charge >= 0.3 is 5.66 Å². The molecular formula is C11H12N4O8. The fourth-order valence-corrected chi connectivity index (χ4v) is 2.35. The molecule has 1 aromatic rings. The van der Waals surface area contributed by atoms with E-state index in [0.717, 1.165) is 19.1 Å². The van der Waals surface area contributed by atoms with Gasteiger partial charge in [0.05, 0.1) is 21.2 Å². The molecule has 0 radical (unpaired) electrons. The number of nitro benzene ring substituents is 1. The topological polar surface area (TPSA) is 173 Å². The van der Waals surface area contributed by atoms with E-state index >= 15 is 0 Å². The normalized spacial score (nSPS) is 12.4. The first-order valence-electron chi connectivity index (χ1n) is 6.32. The molecule has 0 aromatic heterocycles. The average molecular weight is 328 g/mol. The minimum absolute atomic E-state index is 0.203. The van der Waals surface area contributed by atoms with Crippen molar-refractivity contribution in [2.75, 3.05) is 6.54 Å². The highest BCUT2D eigenvalue weighted by molar-refractivity contribution is 5.36. The molecule has 0 aliphatic carbocycles. The van der Waals surface area contributed by atoms with E-state index in [1.54, 1.807) is 0 Å². The quantitative estimate of drug-likeness (QED) is 0.393. The largest absolute Gasteiger partial charge is 0.471 e. The van der Waals surface area contributed by atoms with E-state index in [4.69, 9.17) is 0 Å². The molecule has 0 amide bonds. The minimum atomic E-state index is -2.84.